The Morgan fingerprint density at radius 2 is 1.97 bits per heavy atom. The Kier molecular flexibility index (Phi) is 7.38. The summed E-state index contributed by atoms with van der Waals surface area (Å²) in [6.45, 7) is 1.60. The molecule has 3 N–H and O–H groups in total. The number of aryl methyl sites for hydroxylation is 1. The molecule has 0 radical (unpaired) electrons. The molecule has 0 aromatic heterocycles. The van der Waals surface area contributed by atoms with Crippen LogP contribution in [0, 0.1) is 11.6 Å². The van der Waals surface area contributed by atoms with Crippen molar-refractivity contribution in [2.75, 3.05) is 6.54 Å². The molecule has 3 rings (SSSR count). The van der Waals surface area contributed by atoms with Crippen LogP contribution in [-0.4, -0.2) is 29.7 Å². The van der Waals surface area contributed by atoms with Crippen LogP contribution in [0.25, 0.3) is 0 Å². The van der Waals surface area contributed by atoms with E-state index in [1.54, 1.807) is 0 Å². The van der Waals surface area contributed by atoms with Gasteiger partial charge in [0.05, 0.1) is 12.1 Å². The van der Waals surface area contributed by atoms with Gasteiger partial charge in [-0.15, -0.1) is 0 Å². The standard InChI is InChI=1S/C22H25BrF2N2O2/c1-13(28)27-21(9-14-7-17(24)11-18(25)8-14)22(29)12-26-20-4-2-3-15-5-6-16(23)10-19(15)20/h5-8,10-11,20-22,26,29H,2-4,9,12H2,1H3,(H,27,28)/t20-,21-,22+/m0/s1. The average molecular weight is 467 g/mol. The van der Waals surface area contributed by atoms with E-state index in [0.29, 0.717) is 5.56 Å². The monoisotopic (exact) mass is 466 g/mol. The maximum Gasteiger partial charge on any atom is 0.217 e. The smallest absolute Gasteiger partial charge is 0.217 e. The number of carbonyl (C=O) groups excluding carboxylic acids is 1. The Morgan fingerprint density at radius 3 is 2.66 bits per heavy atom. The number of nitrogens with one attached hydrogen (secondary N) is 2. The number of aliphatic hydroxyl groups excluding tert-OH is 1. The number of benzene rings is 2. The maximum atomic E-state index is 13.5. The van der Waals surface area contributed by atoms with Crippen LogP contribution in [0.5, 0.6) is 0 Å². The minimum Gasteiger partial charge on any atom is -0.390 e. The second-order valence-corrected chi connectivity index (χ2v) is 8.47. The molecular weight excluding hydrogens is 442 g/mol. The van der Waals surface area contributed by atoms with Gasteiger partial charge >= 0.3 is 0 Å². The molecule has 0 saturated heterocycles. The number of rotatable bonds is 7. The highest BCUT2D eigenvalue weighted by Crippen LogP contribution is 2.31. The van der Waals surface area contributed by atoms with Crippen molar-refractivity contribution in [3.63, 3.8) is 0 Å². The van der Waals surface area contributed by atoms with Crippen LogP contribution in [0.2, 0.25) is 0 Å². The van der Waals surface area contributed by atoms with Crippen molar-refractivity contribution >= 4 is 21.8 Å². The van der Waals surface area contributed by atoms with Gasteiger partial charge in [-0.2, -0.15) is 0 Å². The molecule has 0 aliphatic heterocycles. The lowest BCUT2D eigenvalue weighted by molar-refractivity contribution is -0.120. The lowest BCUT2D eigenvalue weighted by Gasteiger charge is -2.30. The molecule has 0 heterocycles. The number of carbonyl (C=O) groups is 1. The van der Waals surface area contributed by atoms with Crippen molar-refractivity contribution in [1.82, 2.24) is 10.6 Å². The first-order valence-electron chi connectivity index (χ1n) is 9.73. The van der Waals surface area contributed by atoms with E-state index in [1.807, 2.05) is 6.07 Å². The normalized spacial score (nSPS) is 18.0. The van der Waals surface area contributed by atoms with Crippen LogP contribution in [0.4, 0.5) is 8.78 Å². The molecule has 0 saturated carbocycles. The van der Waals surface area contributed by atoms with Crippen molar-refractivity contribution in [1.29, 1.82) is 0 Å². The maximum absolute atomic E-state index is 13.5. The molecule has 1 aliphatic rings. The first-order valence-corrected chi connectivity index (χ1v) is 10.5. The fourth-order valence-corrected chi connectivity index (χ4v) is 4.29. The second-order valence-electron chi connectivity index (χ2n) is 7.55. The second kappa shape index (κ2) is 9.78. The fourth-order valence-electron chi connectivity index (χ4n) is 3.91. The van der Waals surface area contributed by atoms with E-state index in [2.05, 4.69) is 38.7 Å². The summed E-state index contributed by atoms with van der Waals surface area (Å²) in [5.74, 6) is -1.67. The van der Waals surface area contributed by atoms with E-state index in [1.165, 1.54) is 30.2 Å². The number of fused-ring (bicyclic) bond motifs is 1. The van der Waals surface area contributed by atoms with Gasteiger partial charge in [0, 0.05) is 30.0 Å². The first-order chi connectivity index (χ1) is 13.8. The van der Waals surface area contributed by atoms with E-state index in [0.717, 1.165) is 29.8 Å². The van der Waals surface area contributed by atoms with Gasteiger partial charge in [0.15, 0.2) is 0 Å². The predicted molar refractivity (Wildman–Crippen MR) is 111 cm³/mol. The highest BCUT2D eigenvalue weighted by molar-refractivity contribution is 9.10. The van der Waals surface area contributed by atoms with Gasteiger partial charge in [-0.05, 0) is 66.6 Å². The molecule has 0 unspecified atom stereocenters. The van der Waals surface area contributed by atoms with Crippen LogP contribution < -0.4 is 10.6 Å². The van der Waals surface area contributed by atoms with Crippen molar-refractivity contribution in [2.24, 2.45) is 0 Å². The number of halogens is 3. The highest BCUT2D eigenvalue weighted by atomic mass is 79.9. The third kappa shape index (κ3) is 6.07. The molecule has 156 valence electrons. The summed E-state index contributed by atoms with van der Waals surface area (Å²) in [4.78, 5) is 11.6. The van der Waals surface area contributed by atoms with Crippen LogP contribution in [-0.2, 0) is 17.6 Å². The van der Waals surface area contributed by atoms with E-state index in [9.17, 15) is 18.7 Å². The summed E-state index contributed by atoms with van der Waals surface area (Å²) < 4.78 is 28.0. The van der Waals surface area contributed by atoms with Gasteiger partial charge in [0.2, 0.25) is 5.91 Å². The first kappa shape index (κ1) is 21.9. The minimum atomic E-state index is -0.914. The summed E-state index contributed by atoms with van der Waals surface area (Å²) in [6, 6.07) is 8.91. The van der Waals surface area contributed by atoms with Crippen molar-refractivity contribution in [2.45, 2.75) is 50.8 Å². The third-order valence-corrected chi connectivity index (χ3v) is 5.72. The van der Waals surface area contributed by atoms with Gasteiger partial charge in [-0.3, -0.25) is 4.79 Å². The molecule has 0 fully saturated rings. The van der Waals surface area contributed by atoms with Crippen molar-refractivity contribution in [3.8, 4) is 0 Å². The molecule has 2 aromatic carbocycles. The lowest BCUT2D eigenvalue weighted by atomic mass is 9.87. The van der Waals surface area contributed by atoms with Crippen LogP contribution in [0.15, 0.2) is 40.9 Å². The van der Waals surface area contributed by atoms with Gasteiger partial charge < -0.3 is 15.7 Å². The zero-order valence-electron chi connectivity index (χ0n) is 16.2. The van der Waals surface area contributed by atoms with Gasteiger partial charge in [-0.25, -0.2) is 8.78 Å². The predicted octanol–water partition coefficient (Wildman–Crippen LogP) is 3.80. The lowest BCUT2D eigenvalue weighted by Crippen LogP contribution is -2.48. The third-order valence-electron chi connectivity index (χ3n) is 5.23. The van der Waals surface area contributed by atoms with Crippen LogP contribution in [0.1, 0.15) is 42.5 Å². The largest absolute Gasteiger partial charge is 0.390 e. The Bertz CT molecular complexity index is 858. The SMILES string of the molecule is CC(=O)N[C@@H](Cc1cc(F)cc(F)c1)[C@H](O)CN[C@H]1CCCc2ccc(Br)cc21. The molecule has 0 spiro atoms. The van der Waals surface area contributed by atoms with Crippen molar-refractivity contribution < 1.29 is 18.7 Å². The molecule has 29 heavy (non-hydrogen) atoms. The van der Waals surface area contributed by atoms with Gasteiger partial charge in [-0.1, -0.05) is 22.0 Å². The number of aliphatic hydroxyl groups is 1. The summed E-state index contributed by atoms with van der Waals surface area (Å²) in [6.07, 6.45) is 2.26. The number of amides is 1. The zero-order chi connectivity index (χ0) is 21.0. The average Bonchev–Trinajstić information content (AvgIpc) is 2.64. The van der Waals surface area contributed by atoms with E-state index >= 15 is 0 Å². The van der Waals surface area contributed by atoms with E-state index < -0.39 is 23.8 Å². The van der Waals surface area contributed by atoms with E-state index in [-0.39, 0.29) is 24.9 Å². The van der Waals surface area contributed by atoms with Crippen molar-refractivity contribution in [3.05, 3.63) is 69.2 Å². The Labute approximate surface area is 177 Å². The molecule has 4 nitrogen and oxygen atoms in total. The fraction of sp³-hybridized carbons (Fsp3) is 0.409. The topological polar surface area (TPSA) is 61.4 Å². The molecule has 2 aromatic rings. The minimum absolute atomic E-state index is 0.107. The summed E-state index contributed by atoms with van der Waals surface area (Å²) in [5.41, 5.74) is 2.88. The summed E-state index contributed by atoms with van der Waals surface area (Å²) in [7, 11) is 0. The summed E-state index contributed by atoms with van der Waals surface area (Å²) in [5, 5.41) is 16.8. The molecular formula is C22H25BrF2N2O2. The quantitative estimate of drug-likeness (QED) is 0.581. The Balaban J connectivity index is 1.68. The Hall–Kier alpha value is -1.83. The van der Waals surface area contributed by atoms with Crippen LogP contribution >= 0.6 is 15.9 Å². The molecule has 7 heteroatoms. The molecule has 1 amide bonds. The highest BCUT2D eigenvalue weighted by Gasteiger charge is 2.25. The van der Waals surface area contributed by atoms with Gasteiger partial charge in [0.1, 0.15) is 11.6 Å². The molecule has 1 aliphatic carbocycles. The molecule has 0 bridgehead atoms. The summed E-state index contributed by atoms with van der Waals surface area (Å²) >= 11 is 3.51. The number of hydrogen-bond donors (Lipinski definition) is 3. The Morgan fingerprint density at radius 1 is 1.24 bits per heavy atom. The number of hydrogen-bond acceptors (Lipinski definition) is 3. The van der Waals surface area contributed by atoms with E-state index in [4.69, 9.17) is 0 Å². The van der Waals surface area contributed by atoms with Gasteiger partial charge in [0.25, 0.3) is 0 Å². The van der Waals surface area contributed by atoms with Crippen LogP contribution in [0.3, 0.4) is 0 Å². The molecule has 3 atom stereocenters. The zero-order valence-corrected chi connectivity index (χ0v) is 17.8.